The summed E-state index contributed by atoms with van der Waals surface area (Å²) in [6.45, 7) is 19.4. The molecule has 104 heavy (non-hydrogen) atoms. The SMILES string of the molecule is CCCCCCC(CCCCCC)N1C(=O)c2ccc3c4ccc5c6c(ccc(c7ccc(c2c37)C1=O)c64)C(=O)N(c1ccc(-c2cc(-c3cc(-c4cc(-c6ccc(OCC[C@H](C)CCCC(C)C)cc6)no4)cc(-c4cc(-c6ccc(OCC[C@H](C)CCCC(C)C)cc6)no4)c3)on2)cc1)C5=O. The molecule has 0 saturated heterocycles. The summed E-state index contributed by atoms with van der Waals surface area (Å²) in [6.07, 6.45) is 19.6. The van der Waals surface area contributed by atoms with E-state index in [2.05, 4.69) is 70.9 Å². The Labute approximate surface area is 609 Å². The third-order valence-corrected chi connectivity index (χ3v) is 21.6. The minimum absolute atomic E-state index is 0.171. The van der Waals surface area contributed by atoms with Gasteiger partial charge in [-0.05, 0) is 185 Å². The Hall–Kier alpha value is -10.2. The molecule has 14 heteroatoms. The number of anilines is 1. The molecular formula is C90H95N5O9. The zero-order valence-corrected chi connectivity index (χ0v) is 61.5. The first kappa shape index (κ1) is 70.8. The van der Waals surface area contributed by atoms with Crippen molar-refractivity contribution in [3.8, 4) is 79.2 Å². The molecular weight excluding hydrogens is 1300 g/mol. The van der Waals surface area contributed by atoms with Crippen LogP contribution in [0.4, 0.5) is 5.69 Å². The lowest BCUT2D eigenvalue weighted by atomic mass is 9.82. The summed E-state index contributed by atoms with van der Waals surface area (Å²) >= 11 is 0. The molecule has 0 fully saturated rings. The average molecular weight is 1390 g/mol. The topological polar surface area (TPSA) is 171 Å². The van der Waals surface area contributed by atoms with Crippen molar-refractivity contribution in [2.45, 2.75) is 177 Å². The molecule has 14 rings (SSSR count). The molecule has 0 unspecified atom stereocenters. The highest BCUT2D eigenvalue weighted by Gasteiger charge is 2.40. The van der Waals surface area contributed by atoms with Crippen LogP contribution in [0.3, 0.4) is 0 Å². The molecule has 0 spiro atoms. The molecule has 0 bridgehead atoms. The highest BCUT2D eigenvalue weighted by atomic mass is 16.5. The normalized spacial score (nSPS) is 13.8. The van der Waals surface area contributed by atoms with Gasteiger partial charge in [-0.2, -0.15) is 0 Å². The van der Waals surface area contributed by atoms with E-state index in [-0.39, 0.29) is 17.9 Å². The van der Waals surface area contributed by atoms with Crippen LogP contribution in [0.2, 0.25) is 0 Å². The van der Waals surface area contributed by atoms with Crippen LogP contribution in [0.1, 0.15) is 212 Å². The number of unbranched alkanes of at least 4 members (excludes halogenated alkanes) is 6. The molecule has 534 valence electrons. The number of hydrogen-bond acceptors (Lipinski definition) is 12. The standard InChI is InChI=1S/C90H95N5O9/c1-9-11-13-15-23-65(24-16-14-12-10-2)94-87(96)73-41-37-69-71-39-43-75-86-76(44-40-72(84(71)86)70-38-42-74(88(94)97)85(73)83(69)70)90(99)95(89(75)98)66-31-25-59(26-32-66)77-52-80(102-91-77)62-49-63(81-53-78(92-103-81)60-27-33-67(34-28-60)100-47-45-57(7)21-17-19-55(3)4)51-64(50-62)82-54-79(93-104-82)61-29-35-68(36-30-61)101-48-46-58(8)22-18-20-56(5)6/h25-44,49-58,65H,9-24,45-48H2,1-8H3/t57-,58-/m1/s1. The predicted molar refractivity (Wildman–Crippen MR) is 416 cm³/mol. The van der Waals surface area contributed by atoms with Crippen molar-refractivity contribution in [3.05, 3.63) is 180 Å². The van der Waals surface area contributed by atoms with E-state index in [1.807, 2.05) is 133 Å². The van der Waals surface area contributed by atoms with Gasteiger partial charge in [0, 0.05) is 90.6 Å². The van der Waals surface area contributed by atoms with E-state index < -0.39 is 11.8 Å². The second-order valence-corrected chi connectivity index (χ2v) is 30.2. The Morgan fingerprint density at radius 3 is 1.06 bits per heavy atom. The van der Waals surface area contributed by atoms with E-state index in [1.54, 1.807) is 29.2 Å². The molecule has 5 heterocycles. The maximum atomic E-state index is 15.0. The smallest absolute Gasteiger partial charge is 0.265 e. The number of carbonyl (C=O) groups excluding carboxylic acids is 4. The number of hydrogen-bond donors (Lipinski definition) is 0. The summed E-state index contributed by atoms with van der Waals surface area (Å²) in [4.78, 5) is 62.3. The van der Waals surface area contributed by atoms with Gasteiger partial charge in [0.2, 0.25) is 0 Å². The van der Waals surface area contributed by atoms with Crippen LogP contribution < -0.4 is 14.4 Å². The summed E-state index contributed by atoms with van der Waals surface area (Å²) in [5.41, 5.74) is 8.68. The van der Waals surface area contributed by atoms with Crippen LogP contribution in [0.15, 0.2) is 171 Å². The maximum absolute atomic E-state index is 15.0. The first-order chi connectivity index (χ1) is 50.6. The summed E-state index contributed by atoms with van der Waals surface area (Å²) < 4.78 is 30.8. The van der Waals surface area contributed by atoms with E-state index in [0.717, 1.165) is 144 Å². The molecule has 4 amide bonds. The van der Waals surface area contributed by atoms with Gasteiger partial charge in [-0.25, -0.2) is 4.90 Å². The number of imide groups is 2. The van der Waals surface area contributed by atoms with Gasteiger partial charge in [0.15, 0.2) is 17.3 Å². The minimum Gasteiger partial charge on any atom is -0.494 e. The number of aromatic nitrogens is 3. The van der Waals surface area contributed by atoms with Crippen molar-refractivity contribution in [3.63, 3.8) is 0 Å². The van der Waals surface area contributed by atoms with E-state index >= 15 is 0 Å². The third kappa shape index (κ3) is 14.7. The highest BCUT2D eigenvalue weighted by Crippen LogP contribution is 2.48. The lowest BCUT2D eigenvalue weighted by Crippen LogP contribution is -2.47. The van der Waals surface area contributed by atoms with Crippen LogP contribution >= 0.6 is 0 Å². The summed E-state index contributed by atoms with van der Waals surface area (Å²) in [6, 6.07) is 49.7. The fraction of sp³-hybridized carbons (Fsp3) is 0.367. The zero-order chi connectivity index (χ0) is 72.1. The maximum Gasteiger partial charge on any atom is 0.265 e. The third-order valence-electron chi connectivity index (χ3n) is 21.6. The second kappa shape index (κ2) is 31.4. The number of carbonyl (C=O) groups is 4. The molecule has 9 aromatic carbocycles. The lowest BCUT2D eigenvalue weighted by molar-refractivity contribution is 0.0516. The summed E-state index contributed by atoms with van der Waals surface area (Å²) in [7, 11) is 0. The van der Waals surface area contributed by atoms with Gasteiger partial charge in [0.1, 0.15) is 28.6 Å². The molecule has 0 N–H and O–H groups in total. The fourth-order valence-corrected chi connectivity index (χ4v) is 15.6. The van der Waals surface area contributed by atoms with Crippen molar-refractivity contribution >= 4 is 72.4 Å². The monoisotopic (exact) mass is 1390 g/mol. The van der Waals surface area contributed by atoms with Crippen LogP contribution in [0.25, 0.3) is 111 Å². The van der Waals surface area contributed by atoms with Crippen molar-refractivity contribution in [2.75, 3.05) is 18.1 Å². The van der Waals surface area contributed by atoms with Crippen molar-refractivity contribution < 1.29 is 42.2 Å². The Morgan fingerprint density at radius 2 is 0.702 bits per heavy atom. The van der Waals surface area contributed by atoms with Gasteiger partial charge in [-0.1, -0.05) is 197 Å². The quantitative estimate of drug-likeness (QED) is 0.0162. The van der Waals surface area contributed by atoms with E-state index in [4.69, 9.17) is 23.0 Å². The van der Waals surface area contributed by atoms with Crippen LogP contribution in [-0.2, 0) is 0 Å². The van der Waals surface area contributed by atoms with Crippen LogP contribution in [0, 0.1) is 23.7 Å². The fourth-order valence-electron chi connectivity index (χ4n) is 15.6. The van der Waals surface area contributed by atoms with Gasteiger partial charge < -0.3 is 23.0 Å². The molecule has 2 aliphatic rings. The van der Waals surface area contributed by atoms with Gasteiger partial charge in [0.25, 0.3) is 23.6 Å². The Morgan fingerprint density at radius 1 is 0.346 bits per heavy atom. The van der Waals surface area contributed by atoms with E-state index in [1.165, 1.54) is 43.4 Å². The second-order valence-electron chi connectivity index (χ2n) is 30.2. The molecule has 2 aliphatic heterocycles. The first-order valence-electron chi connectivity index (χ1n) is 38.2. The largest absolute Gasteiger partial charge is 0.494 e. The number of rotatable bonds is 34. The number of fused-ring (bicyclic) bond motifs is 2. The molecule has 3 aromatic heterocycles. The molecule has 0 saturated carbocycles. The van der Waals surface area contributed by atoms with Crippen LogP contribution in [-0.4, -0.2) is 63.3 Å². The Bertz CT molecular complexity index is 4800. The summed E-state index contributed by atoms with van der Waals surface area (Å²) in [5, 5.41) is 19.9. The Kier molecular flexibility index (Phi) is 21.4. The van der Waals surface area contributed by atoms with Gasteiger partial charge >= 0.3 is 0 Å². The molecule has 2 atom stereocenters. The molecule has 0 aliphatic carbocycles. The highest BCUT2D eigenvalue weighted by molar-refractivity contribution is 6.43. The number of benzene rings is 9. The molecule has 14 nitrogen and oxygen atoms in total. The first-order valence-corrected chi connectivity index (χ1v) is 38.2. The lowest BCUT2D eigenvalue weighted by Gasteiger charge is -2.35. The van der Waals surface area contributed by atoms with E-state index in [9.17, 15) is 19.2 Å². The van der Waals surface area contributed by atoms with Crippen molar-refractivity contribution in [1.82, 2.24) is 20.4 Å². The van der Waals surface area contributed by atoms with E-state index in [0.29, 0.717) is 120 Å². The Balaban J connectivity index is 0.716. The number of nitrogens with zero attached hydrogens (tertiary/aromatic N) is 5. The average Bonchev–Trinajstić information content (AvgIpc) is 1.56. The molecule has 12 aromatic rings. The van der Waals surface area contributed by atoms with Gasteiger partial charge in [-0.3, -0.25) is 24.1 Å². The minimum atomic E-state index is -0.445. The molecule has 0 radical (unpaired) electrons. The summed E-state index contributed by atoms with van der Waals surface area (Å²) in [5.74, 6) is 4.42. The predicted octanol–water partition coefficient (Wildman–Crippen LogP) is 23.9. The van der Waals surface area contributed by atoms with Gasteiger partial charge in [0.05, 0.1) is 18.9 Å². The van der Waals surface area contributed by atoms with Gasteiger partial charge in [-0.15, -0.1) is 0 Å². The zero-order valence-electron chi connectivity index (χ0n) is 61.5. The van der Waals surface area contributed by atoms with Crippen LogP contribution in [0.5, 0.6) is 11.5 Å². The van der Waals surface area contributed by atoms with Crippen molar-refractivity contribution in [1.29, 1.82) is 0 Å². The van der Waals surface area contributed by atoms with Crippen molar-refractivity contribution in [2.24, 2.45) is 23.7 Å². The number of amides is 4. The number of ether oxygens (including phenoxy) is 2.